The molecule has 120 valence electrons. The molecule has 1 saturated heterocycles. The Bertz CT molecular complexity index is 650. The predicted octanol–water partition coefficient (Wildman–Crippen LogP) is 4.29. The van der Waals surface area contributed by atoms with Gasteiger partial charge in [0.1, 0.15) is 0 Å². The highest BCUT2D eigenvalue weighted by Crippen LogP contribution is 2.17. The average molecular weight is 375 g/mol. The normalized spacial score (nSPS) is 17.0. The largest absolute Gasteiger partial charge is 0.382 e. The first-order valence-corrected chi connectivity index (χ1v) is 8.52. The van der Waals surface area contributed by atoms with Gasteiger partial charge in [0.15, 0.2) is 0 Å². The molecule has 2 aromatic carbocycles. The number of ether oxygens (including phenoxy) is 1. The molecule has 4 nitrogen and oxygen atoms in total. The van der Waals surface area contributed by atoms with Crippen LogP contribution in [0.2, 0.25) is 0 Å². The van der Waals surface area contributed by atoms with E-state index in [4.69, 9.17) is 4.74 Å². The SMILES string of the molecule is O=C(Nc1ccc(NCC2CCCO2)cc1)c1ccc(Br)cc1. The molecule has 1 heterocycles. The Balaban J connectivity index is 1.54. The number of carbonyl (C=O) groups is 1. The van der Waals surface area contributed by atoms with Crippen LogP contribution in [0, 0.1) is 0 Å². The number of rotatable bonds is 5. The summed E-state index contributed by atoms with van der Waals surface area (Å²) in [7, 11) is 0. The van der Waals surface area contributed by atoms with Gasteiger partial charge < -0.3 is 15.4 Å². The predicted molar refractivity (Wildman–Crippen MR) is 96.0 cm³/mol. The van der Waals surface area contributed by atoms with E-state index >= 15 is 0 Å². The van der Waals surface area contributed by atoms with Crippen molar-refractivity contribution in [3.63, 3.8) is 0 Å². The second kappa shape index (κ2) is 7.62. The molecule has 1 fully saturated rings. The van der Waals surface area contributed by atoms with Crippen LogP contribution in [0.3, 0.4) is 0 Å². The average Bonchev–Trinajstić information content (AvgIpc) is 3.08. The third-order valence-electron chi connectivity index (χ3n) is 3.81. The van der Waals surface area contributed by atoms with Crippen LogP contribution in [0.15, 0.2) is 53.0 Å². The summed E-state index contributed by atoms with van der Waals surface area (Å²) in [5, 5.41) is 6.26. The number of halogens is 1. The summed E-state index contributed by atoms with van der Waals surface area (Å²) in [6.45, 7) is 1.69. The Morgan fingerprint density at radius 2 is 1.78 bits per heavy atom. The number of anilines is 2. The Morgan fingerprint density at radius 1 is 1.09 bits per heavy atom. The summed E-state index contributed by atoms with van der Waals surface area (Å²) in [4.78, 5) is 12.2. The minimum absolute atomic E-state index is 0.113. The first-order valence-electron chi connectivity index (χ1n) is 7.73. The third kappa shape index (κ3) is 4.56. The fourth-order valence-electron chi connectivity index (χ4n) is 2.51. The molecule has 1 aliphatic rings. The maximum absolute atomic E-state index is 12.2. The molecule has 0 aromatic heterocycles. The third-order valence-corrected chi connectivity index (χ3v) is 4.34. The van der Waals surface area contributed by atoms with E-state index < -0.39 is 0 Å². The highest BCUT2D eigenvalue weighted by atomic mass is 79.9. The highest BCUT2D eigenvalue weighted by Gasteiger charge is 2.14. The van der Waals surface area contributed by atoms with Crippen LogP contribution in [-0.4, -0.2) is 25.2 Å². The van der Waals surface area contributed by atoms with Crippen molar-refractivity contribution in [2.24, 2.45) is 0 Å². The fraction of sp³-hybridized carbons (Fsp3) is 0.278. The zero-order chi connectivity index (χ0) is 16.1. The van der Waals surface area contributed by atoms with Crippen molar-refractivity contribution in [1.82, 2.24) is 0 Å². The lowest BCUT2D eigenvalue weighted by molar-refractivity contribution is 0.102. The van der Waals surface area contributed by atoms with Gasteiger partial charge in [-0.1, -0.05) is 15.9 Å². The van der Waals surface area contributed by atoms with E-state index in [0.717, 1.165) is 41.8 Å². The fourth-order valence-corrected chi connectivity index (χ4v) is 2.78. The van der Waals surface area contributed by atoms with Crippen molar-refractivity contribution < 1.29 is 9.53 Å². The lowest BCUT2D eigenvalue weighted by atomic mass is 10.2. The zero-order valence-corrected chi connectivity index (χ0v) is 14.3. The molecular formula is C18H19BrN2O2. The minimum atomic E-state index is -0.113. The monoisotopic (exact) mass is 374 g/mol. The molecule has 3 rings (SSSR count). The first-order chi connectivity index (χ1) is 11.2. The molecule has 0 bridgehead atoms. The number of benzene rings is 2. The van der Waals surface area contributed by atoms with Crippen LogP contribution in [0.1, 0.15) is 23.2 Å². The molecular weight excluding hydrogens is 356 g/mol. The molecule has 2 N–H and O–H groups in total. The van der Waals surface area contributed by atoms with E-state index in [2.05, 4.69) is 26.6 Å². The molecule has 0 aliphatic carbocycles. The van der Waals surface area contributed by atoms with E-state index in [-0.39, 0.29) is 5.91 Å². The molecule has 1 amide bonds. The van der Waals surface area contributed by atoms with Gasteiger partial charge in [0, 0.05) is 34.6 Å². The molecule has 0 radical (unpaired) electrons. The Labute approximate surface area is 144 Å². The van der Waals surface area contributed by atoms with Crippen LogP contribution in [-0.2, 0) is 4.74 Å². The number of amides is 1. The highest BCUT2D eigenvalue weighted by molar-refractivity contribution is 9.10. The second-order valence-electron chi connectivity index (χ2n) is 5.55. The van der Waals surface area contributed by atoms with Gasteiger partial charge in [0.25, 0.3) is 5.91 Å². The first kappa shape index (κ1) is 16.0. The summed E-state index contributed by atoms with van der Waals surface area (Å²) in [6, 6.07) is 15.0. The molecule has 0 saturated carbocycles. The van der Waals surface area contributed by atoms with E-state index in [0.29, 0.717) is 11.7 Å². The second-order valence-corrected chi connectivity index (χ2v) is 6.47. The van der Waals surface area contributed by atoms with E-state index in [1.54, 1.807) is 12.1 Å². The van der Waals surface area contributed by atoms with Gasteiger partial charge >= 0.3 is 0 Å². The molecule has 1 atom stereocenters. The zero-order valence-electron chi connectivity index (χ0n) is 12.7. The van der Waals surface area contributed by atoms with E-state index in [9.17, 15) is 4.79 Å². The van der Waals surface area contributed by atoms with Gasteiger partial charge in [-0.2, -0.15) is 0 Å². The molecule has 23 heavy (non-hydrogen) atoms. The lowest BCUT2D eigenvalue weighted by Gasteiger charge is -2.12. The van der Waals surface area contributed by atoms with Gasteiger partial charge in [0.2, 0.25) is 0 Å². The lowest BCUT2D eigenvalue weighted by Crippen LogP contribution is -2.18. The maximum atomic E-state index is 12.2. The quantitative estimate of drug-likeness (QED) is 0.820. The number of nitrogens with one attached hydrogen (secondary N) is 2. The van der Waals surface area contributed by atoms with Crippen molar-refractivity contribution in [2.45, 2.75) is 18.9 Å². The summed E-state index contributed by atoms with van der Waals surface area (Å²) in [5.41, 5.74) is 2.44. The van der Waals surface area contributed by atoms with Gasteiger partial charge in [-0.3, -0.25) is 4.79 Å². The van der Waals surface area contributed by atoms with Gasteiger partial charge in [-0.05, 0) is 61.4 Å². The van der Waals surface area contributed by atoms with E-state index in [1.165, 1.54) is 0 Å². The van der Waals surface area contributed by atoms with Crippen LogP contribution in [0.25, 0.3) is 0 Å². The Morgan fingerprint density at radius 3 is 2.43 bits per heavy atom. The molecule has 1 aliphatic heterocycles. The maximum Gasteiger partial charge on any atom is 0.255 e. The summed E-state index contributed by atoms with van der Waals surface area (Å²) >= 11 is 3.36. The summed E-state index contributed by atoms with van der Waals surface area (Å²) in [6.07, 6.45) is 2.58. The van der Waals surface area contributed by atoms with Crippen molar-refractivity contribution in [2.75, 3.05) is 23.8 Å². The molecule has 1 unspecified atom stereocenters. The number of carbonyl (C=O) groups excluding carboxylic acids is 1. The van der Waals surface area contributed by atoms with Gasteiger partial charge in [0.05, 0.1) is 6.10 Å². The topological polar surface area (TPSA) is 50.4 Å². The molecule has 5 heteroatoms. The number of hydrogen-bond donors (Lipinski definition) is 2. The van der Waals surface area contributed by atoms with Crippen molar-refractivity contribution in [1.29, 1.82) is 0 Å². The van der Waals surface area contributed by atoms with Crippen LogP contribution in [0.4, 0.5) is 11.4 Å². The smallest absolute Gasteiger partial charge is 0.255 e. The van der Waals surface area contributed by atoms with Crippen molar-refractivity contribution in [3.05, 3.63) is 58.6 Å². The van der Waals surface area contributed by atoms with Crippen LogP contribution in [0.5, 0.6) is 0 Å². The molecule has 0 spiro atoms. The van der Waals surface area contributed by atoms with E-state index in [1.807, 2.05) is 36.4 Å². The molecule has 2 aromatic rings. The summed E-state index contributed by atoms with van der Waals surface area (Å²) in [5.74, 6) is -0.113. The van der Waals surface area contributed by atoms with Crippen molar-refractivity contribution in [3.8, 4) is 0 Å². The van der Waals surface area contributed by atoms with Crippen LogP contribution < -0.4 is 10.6 Å². The minimum Gasteiger partial charge on any atom is -0.382 e. The van der Waals surface area contributed by atoms with Crippen LogP contribution >= 0.6 is 15.9 Å². The standard InChI is InChI=1S/C18H19BrN2O2/c19-14-5-3-13(4-6-14)18(22)21-16-9-7-15(8-10-16)20-12-17-2-1-11-23-17/h3-10,17,20H,1-2,11-12H2,(H,21,22). The Hall–Kier alpha value is -1.85. The van der Waals surface area contributed by atoms with Gasteiger partial charge in [-0.15, -0.1) is 0 Å². The Kier molecular flexibility index (Phi) is 5.31. The van der Waals surface area contributed by atoms with Gasteiger partial charge in [-0.25, -0.2) is 0 Å². The summed E-state index contributed by atoms with van der Waals surface area (Å²) < 4.78 is 6.54. The van der Waals surface area contributed by atoms with Crippen molar-refractivity contribution >= 4 is 33.2 Å². The number of hydrogen-bond acceptors (Lipinski definition) is 3.